The third-order valence-corrected chi connectivity index (χ3v) is 2.81. The Balaban J connectivity index is 2.94. The first-order valence-corrected chi connectivity index (χ1v) is 5.74. The zero-order valence-electron chi connectivity index (χ0n) is 9.27. The van der Waals surface area contributed by atoms with Crippen molar-refractivity contribution in [1.82, 2.24) is 5.32 Å². The van der Waals surface area contributed by atoms with E-state index < -0.39 is 24.7 Å². The molecule has 1 amide bonds. The molecule has 6 heteroatoms. The predicted molar refractivity (Wildman–Crippen MR) is 65.8 cm³/mol. The molecule has 17 heavy (non-hydrogen) atoms. The molecule has 4 N–H and O–H groups in total. The Morgan fingerprint density at radius 2 is 2.00 bits per heavy atom. The summed E-state index contributed by atoms with van der Waals surface area (Å²) in [5.74, 6) is -0.724. The Morgan fingerprint density at radius 3 is 2.53 bits per heavy atom. The summed E-state index contributed by atoms with van der Waals surface area (Å²) in [5.41, 5.74) is -1.04. The van der Waals surface area contributed by atoms with Crippen molar-refractivity contribution in [1.29, 1.82) is 0 Å². The molecule has 5 nitrogen and oxygen atoms in total. The van der Waals surface area contributed by atoms with Gasteiger partial charge in [0.25, 0.3) is 5.91 Å². The number of hydrogen-bond acceptors (Lipinski definition) is 4. The summed E-state index contributed by atoms with van der Waals surface area (Å²) in [5, 5.41) is 30.1. The van der Waals surface area contributed by atoms with Crippen molar-refractivity contribution in [2.24, 2.45) is 0 Å². The lowest BCUT2D eigenvalue weighted by Crippen LogP contribution is -2.51. The van der Waals surface area contributed by atoms with E-state index in [-0.39, 0.29) is 11.3 Å². The van der Waals surface area contributed by atoms with Gasteiger partial charge >= 0.3 is 0 Å². The first-order chi connectivity index (χ1) is 7.91. The van der Waals surface area contributed by atoms with Crippen molar-refractivity contribution in [3.63, 3.8) is 0 Å². The number of phenolic OH excluding ortho intramolecular Hbond substituents is 1. The van der Waals surface area contributed by atoms with Crippen molar-refractivity contribution in [3.8, 4) is 5.75 Å². The molecule has 0 spiro atoms. The number of carbonyl (C=O) groups excluding carboxylic acids is 1. The quantitative estimate of drug-likeness (QED) is 0.657. The van der Waals surface area contributed by atoms with E-state index in [1.807, 2.05) is 0 Å². The van der Waals surface area contributed by atoms with Crippen LogP contribution in [0.15, 0.2) is 22.7 Å². The van der Waals surface area contributed by atoms with Gasteiger partial charge in [-0.2, -0.15) is 0 Å². The number of carbonyl (C=O) groups is 1. The van der Waals surface area contributed by atoms with Gasteiger partial charge in [0.1, 0.15) is 5.75 Å². The highest BCUT2D eigenvalue weighted by Gasteiger charge is 2.26. The van der Waals surface area contributed by atoms with E-state index in [9.17, 15) is 9.90 Å². The van der Waals surface area contributed by atoms with Crippen LogP contribution in [0, 0.1) is 0 Å². The highest BCUT2D eigenvalue weighted by atomic mass is 79.9. The number of rotatable bonds is 4. The molecule has 0 radical (unpaired) electrons. The lowest BCUT2D eigenvalue weighted by Gasteiger charge is -2.26. The van der Waals surface area contributed by atoms with Gasteiger partial charge in [-0.3, -0.25) is 4.79 Å². The SMILES string of the molecule is CC(CO)(CO)NC(=O)c1cc(Br)ccc1O. The molecule has 94 valence electrons. The molecule has 0 aromatic heterocycles. The Labute approximate surface area is 107 Å². The molecule has 0 aliphatic rings. The molecule has 1 aromatic rings. The van der Waals surface area contributed by atoms with Crippen molar-refractivity contribution in [2.45, 2.75) is 12.5 Å². The molecule has 0 aliphatic carbocycles. The second-order valence-electron chi connectivity index (χ2n) is 3.99. The number of nitrogens with one attached hydrogen (secondary N) is 1. The number of aliphatic hydroxyl groups is 2. The summed E-state index contributed by atoms with van der Waals surface area (Å²) in [6, 6.07) is 4.44. The average molecular weight is 304 g/mol. The summed E-state index contributed by atoms with van der Waals surface area (Å²) in [6.07, 6.45) is 0. The van der Waals surface area contributed by atoms with Gasteiger partial charge < -0.3 is 20.6 Å². The molecule has 0 fully saturated rings. The van der Waals surface area contributed by atoms with Gasteiger partial charge in [0, 0.05) is 4.47 Å². The van der Waals surface area contributed by atoms with Crippen LogP contribution in [0.5, 0.6) is 5.75 Å². The summed E-state index contributed by atoms with van der Waals surface area (Å²) in [4.78, 5) is 11.8. The number of phenols is 1. The van der Waals surface area contributed by atoms with Crippen LogP contribution in [0.2, 0.25) is 0 Å². The van der Waals surface area contributed by atoms with E-state index in [2.05, 4.69) is 21.2 Å². The third kappa shape index (κ3) is 3.42. The molecule has 1 aromatic carbocycles. The number of aromatic hydroxyl groups is 1. The fraction of sp³-hybridized carbons (Fsp3) is 0.364. The molecule has 0 atom stereocenters. The highest BCUT2D eigenvalue weighted by Crippen LogP contribution is 2.22. The lowest BCUT2D eigenvalue weighted by atomic mass is 10.0. The molecule has 0 aliphatic heterocycles. The minimum absolute atomic E-state index is 0.0764. The van der Waals surface area contributed by atoms with E-state index in [4.69, 9.17) is 10.2 Å². The van der Waals surface area contributed by atoms with Crippen LogP contribution in [0.4, 0.5) is 0 Å². The number of aliphatic hydroxyl groups excluding tert-OH is 2. The van der Waals surface area contributed by atoms with Crippen LogP contribution >= 0.6 is 15.9 Å². The molecule has 0 heterocycles. The number of benzene rings is 1. The molecule has 0 saturated carbocycles. The molecule has 0 unspecified atom stereocenters. The van der Waals surface area contributed by atoms with Gasteiger partial charge in [0.15, 0.2) is 0 Å². The largest absolute Gasteiger partial charge is 0.507 e. The number of amides is 1. The van der Waals surface area contributed by atoms with Crippen molar-refractivity contribution in [2.75, 3.05) is 13.2 Å². The van der Waals surface area contributed by atoms with Crippen LogP contribution in [0.1, 0.15) is 17.3 Å². The second kappa shape index (κ2) is 5.48. The van der Waals surface area contributed by atoms with Crippen LogP contribution in [0.3, 0.4) is 0 Å². The Kier molecular flexibility index (Phi) is 4.50. The number of halogens is 1. The van der Waals surface area contributed by atoms with E-state index in [1.54, 1.807) is 6.07 Å². The summed E-state index contributed by atoms with van der Waals surface area (Å²) >= 11 is 3.19. The fourth-order valence-electron chi connectivity index (χ4n) is 1.16. The first-order valence-electron chi connectivity index (χ1n) is 4.94. The molecule has 0 saturated heterocycles. The maximum absolute atomic E-state index is 11.8. The van der Waals surface area contributed by atoms with Crippen LogP contribution < -0.4 is 5.32 Å². The smallest absolute Gasteiger partial charge is 0.255 e. The van der Waals surface area contributed by atoms with Crippen molar-refractivity contribution < 1.29 is 20.1 Å². The molecular weight excluding hydrogens is 290 g/mol. The van der Waals surface area contributed by atoms with Gasteiger partial charge in [0.05, 0.1) is 24.3 Å². The van der Waals surface area contributed by atoms with E-state index in [0.717, 1.165) is 0 Å². The topological polar surface area (TPSA) is 89.8 Å². The average Bonchev–Trinajstić information content (AvgIpc) is 2.32. The minimum atomic E-state index is -1.12. The third-order valence-electron chi connectivity index (χ3n) is 2.32. The van der Waals surface area contributed by atoms with Crippen LogP contribution in [0.25, 0.3) is 0 Å². The maximum Gasteiger partial charge on any atom is 0.255 e. The summed E-state index contributed by atoms with van der Waals surface area (Å²) in [6.45, 7) is 0.702. The van der Waals surface area contributed by atoms with E-state index in [0.29, 0.717) is 4.47 Å². The van der Waals surface area contributed by atoms with Gasteiger partial charge in [-0.1, -0.05) is 15.9 Å². The zero-order valence-corrected chi connectivity index (χ0v) is 10.9. The van der Waals surface area contributed by atoms with Crippen LogP contribution in [-0.2, 0) is 0 Å². The summed E-state index contributed by atoms with van der Waals surface area (Å²) < 4.78 is 0.648. The summed E-state index contributed by atoms with van der Waals surface area (Å²) in [7, 11) is 0. The lowest BCUT2D eigenvalue weighted by molar-refractivity contribution is 0.0721. The van der Waals surface area contributed by atoms with Gasteiger partial charge in [0.2, 0.25) is 0 Å². The zero-order chi connectivity index (χ0) is 13.1. The molecule has 0 bridgehead atoms. The number of hydrogen-bond donors (Lipinski definition) is 4. The van der Waals surface area contributed by atoms with Gasteiger partial charge in [-0.05, 0) is 25.1 Å². The Morgan fingerprint density at radius 1 is 1.41 bits per heavy atom. The Bertz CT molecular complexity index is 418. The fourth-order valence-corrected chi connectivity index (χ4v) is 1.52. The van der Waals surface area contributed by atoms with Gasteiger partial charge in [-0.15, -0.1) is 0 Å². The van der Waals surface area contributed by atoms with E-state index >= 15 is 0 Å². The Hall–Kier alpha value is -1.11. The van der Waals surface area contributed by atoms with Crippen molar-refractivity contribution >= 4 is 21.8 Å². The van der Waals surface area contributed by atoms with E-state index in [1.165, 1.54) is 19.1 Å². The van der Waals surface area contributed by atoms with Crippen LogP contribution in [-0.4, -0.2) is 40.0 Å². The second-order valence-corrected chi connectivity index (χ2v) is 4.91. The minimum Gasteiger partial charge on any atom is -0.507 e. The monoisotopic (exact) mass is 303 g/mol. The molecule has 1 rings (SSSR count). The predicted octanol–water partition coefficient (Wildman–Crippen LogP) is 0.628. The van der Waals surface area contributed by atoms with Crippen molar-refractivity contribution in [3.05, 3.63) is 28.2 Å². The van der Waals surface area contributed by atoms with Gasteiger partial charge in [-0.25, -0.2) is 0 Å². The standard InChI is InChI=1S/C11H14BrNO4/c1-11(5-14,6-15)13-10(17)8-4-7(12)2-3-9(8)16/h2-4,14-16H,5-6H2,1H3,(H,13,17). The normalized spacial score (nSPS) is 11.3. The maximum atomic E-state index is 11.8. The molecular formula is C11H14BrNO4. The highest BCUT2D eigenvalue weighted by molar-refractivity contribution is 9.10. The first kappa shape index (κ1) is 14.0.